The van der Waals surface area contributed by atoms with Gasteiger partial charge in [-0.25, -0.2) is 0 Å². The summed E-state index contributed by atoms with van der Waals surface area (Å²) in [6.45, 7) is 3.89. The summed E-state index contributed by atoms with van der Waals surface area (Å²) in [5.41, 5.74) is 2.38. The van der Waals surface area contributed by atoms with Crippen molar-refractivity contribution in [2.75, 3.05) is 0 Å². The fraction of sp³-hybridized carbons (Fsp3) is 0.200. The molecule has 0 fully saturated rings. The zero-order chi connectivity index (χ0) is 14.2. The van der Waals surface area contributed by atoms with E-state index in [9.17, 15) is 4.79 Å². The van der Waals surface area contributed by atoms with Gasteiger partial charge in [0.15, 0.2) is 5.70 Å². The van der Waals surface area contributed by atoms with Gasteiger partial charge in [0, 0.05) is 18.0 Å². The first-order valence-corrected chi connectivity index (χ1v) is 6.36. The number of carbonyl (C=O) groups is 1. The van der Waals surface area contributed by atoms with Gasteiger partial charge < -0.3 is 5.32 Å². The number of nitrogens with zero attached hydrogens (tertiary/aromatic N) is 3. The number of hydrogen-bond donors (Lipinski definition) is 1. The van der Waals surface area contributed by atoms with E-state index in [0.29, 0.717) is 5.70 Å². The van der Waals surface area contributed by atoms with Crippen LogP contribution in [0.5, 0.6) is 0 Å². The van der Waals surface area contributed by atoms with Crippen molar-refractivity contribution in [1.29, 1.82) is 0 Å². The predicted octanol–water partition coefficient (Wildman–Crippen LogP) is 2.61. The van der Waals surface area contributed by atoms with Crippen LogP contribution >= 0.6 is 0 Å². The maximum absolute atomic E-state index is 12.4. The first-order chi connectivity index (χ1) is 9.58. The highest BCUT2D eigenvalue weighted by Crippen LogP contribution is 2.31. The van der Waals surface area contributed by atoms with Crippen molar-refractivity contribution in [3.63, 3.8) is 0 Å². The predicted molar refractivity (Wildman–Crippen MR) is 74.5 cm³/mol. The maximum atomic E-state index is 12.4. The second kappa shape index (κ2) is 4.52. The molecular formula is C15H14N4O. The van der Waals surface area contributed by atoms with E-state index in [-0.39, 0.29) is 5.91 Å². The van der Waals surface area contributed by atoms with Crippen LogP contribution in [0.25, 0.3) is 0 Å². The minimum absolute atomic E-state index is 0.222. The largest absolute Gasteiger partial charge is 0.342 e. The number of hydrogen-bond acceptors (Lipinski definition) is 4. The third-order valence-corrected chi connectivity index (χ3v) is 3.35. The number of rotatable bonds is 3. The summed E-state index contributed by atoms with van der Waals surface area (Å²) in [5.74, 6) is -0.222. The summed E-state index contributed by atoms with van der Waals surface area (Å²) in [6, 6.07) is 3.77. The molecule has 0 aromatic carbocycles. The summed E-state index contributed by atoms with van der Waals surface area (Å²) in [4.78, 5) is 16.4. The van der Waals surface area contributed by atoms with Gasteiger partial charge in [0.1, 0.15) is 0 Å². The molecule has 3 rings (SSSR count). The summed E-state index contributed by atoms with van der Waals surface area (Å²) in [7, 11) is 0. The minimum atomic E-state index is -0.502. The molecule has 1 aliphatic carbocycles. The van der Waals surface area contributed by atoms with Gasteiger partial charge in [-0.05, 0) is 37.6 Å². The highest BCUT2D eigenvalue weighted by atomic mass is 16.2. The fourth-order valence-corrected chi connectivity index (χ4v) is 2.21. The molecule has 0 saturated heterocycles. The molecule has 0 saturated carbocycles. The Morgan fingerprint density at radius 3 is 2.70 bits per heavy atom. The Hall–Kier alpha value is -2.56. The van der Waals surface area contributed by atoms with E-state index in [2.05, 4.69) is 20.5 Å². The quantitative estimate of drug-likeness (QED) is 0.913. The van der Waals surface area contributed by atoms with Gasteiger partial charge in [-0.15, -0.1) is 10.2 Å². The third-order valence-electron chi connectivity index (χ3n) is 3.35. The van der Waals surface area contributed by atoms with E-state index in [4.69, 9.17) is 0 Å². The number of nitrogens with one attached hydrogen (secondary N) is 1. The van der Waals surface area contributed by atoms with E-state index in [0.717, 1.165) is 16.8 Å². The van der Waals surface area contributed by atoms with Gasteiger partial charge in [0.2, 0.25) is 0 Å². The van der Waals surface area contributed by atoms with Gasteiger partial charge in [0.25, 0.3) is 5.91 Å². The van der Waals surface area contributed by atoms with Crippen molar-refractivity contribution >= 4 is 5.91 Å². The van der Waals surface area contributed by atoms with Gasteiger partial charge in [-0.3, -0.25) is 9.78 Å². The Bertz CT molecular complexity index is 681. The first kappa shape index (κ1) is 12.5. The Morgan fingerprint density at radius 1 is 1.20 bits per heavy atom. The van der Waals surface area contributed by atoms with Crippen LogP contribution in [0.1, 0.15) is 19.4 Å². The molecule has 100 valence electrons. The number of amides is 1. The van der Waals surface area contributed by atoms with E-state index in [1.165, 1.54) is 0 Å². The maximum Gasteiger partial charge on any atom is 0.273 e. The molecule has 2 heterocycles. The molecule has 0 atom stereocenters. The van der Waals surface area contributed by atoms with Crippen LogP contribution in [0.2, 0.25) is 0 Å². The number of allylic oxidation sites excluding steroid dienone is 3. The Balaban J connectivity index is 1.84. The van der Waals surface area contributed by atoms with Crippen LogP contribution in [-0.2, 0) is 10.3 Å². The number of pyridine rings is 1. The molecule has 0 unspecified atom stereocenters. The Morgan fingerprint density at radius 2 is 1.95 bits per heavy atom. The monoisotopic (exact) mass is 266 g/mol. The second-order valence-corrected chi connectivity index (χ2v) is 5.19. The molecule has 1 aromatic heterocycles. The van der Waals surface area contributed by atoms with E-state index < -0.39 is 5.54 Å². The minimum Gasteiger partial charge on any atom is -0.342 e. The molecule has 1 aromatic rings. The molecule has 5 nitrogen and oxygen atoms in total. The van der Waals surface area contributed by atoms with Crippen LogP contribution in [0.4, 0.5) is 0 Å². The summed E-state index contributed by atoms with van der Waals surface area (Å²) >= 11 is 0. The van der Waals surface area contributed by atoms with Gasteiger partial charge in [0.05, 0.1) is 11.2 Å². The van der Waals surface area contributed by atoms with Crippen molar-refractivity contribution in [3.8, 4) is 0 Å². The summed E-state index contributed by atoms with van der Waals surface area (Å²) < 4.78 is 0. The van der Waals surface area contributed by atoms with Crippen molar-refractivity contribution < 1.29 is 4.79 Å². The number of fused-ring (bicyclic) bond motifs is 1. The van der Waals surface area contributed by atoms with E-state index >= 15 is 0 Å². The number of azo groups is 1. The molecule has 20 heavy (non-hydrogen) atoms. The molecule has 0 bridgehead atoms. The lowest BCUT2D eigenvalue weighted by molar-refractivity contribution is -0.119. The Labute approximate surface area is 116 Å². The molecular weight excluding hydrogens is 252 g/mol. The van der Waals surface area contributed by atoms with Crippen LogP contribution in [0.3, 0.4) is 0 Å². The molecule has 0 spiro atoms. The first-order valence-electron chi connectivity index (χ1n) is 6.36. The molecule has 2 aliphatic rings. The van der Waals surface area contributed by atoms with Crippen LogP contribution in [-0.4, -0.2) is 10.9 Å². The van der Waals surface area contributed by atoms with E-state index in [1.54, 1.807) is 12.4 Å². The third kappa shape index (κ3) is 2.07. The van der Waals surface area contributed by atoms with Gasteiger partial charge >= 0.3 is 0 Å². The average molecular weight is 266 g/mol. The molecule has 1 amide bonds. The van der Waals surface area contributed by atoms with Crippen molar-refractivity contribution in [3.05, 3.63) is 65.3 Å². The van der Waals surface area contributed by atoms with E-state index in [1.807, 2.05) is 44.2 Å². The fourth-order valence-electron chi connectivity index (χ4n) is 2.21. The Kier molecular flexibility index (Phi) is 2.82. The van der Waals surface area contributed by atoms with Crippen molar-refractivity contribution in [2.45, 2.75) is 19.4 Å². The van der Waals surface area contributed by atoms with Crippen LogP contribution in [0.15, 0.2) is 70.0 Å². The normalized spacial score (nSPS) is 16.4. The van der Waals surface area contributed by atoms with Crippen LogP contribution in [0, 0.1) is 0 Å². The summed E-state index contributed by atoms with van der Waals surface area (Å²) in [6.07, 6.45) is 8.98. The zero-order valence-corrected chi connectivity index (χ0v) is 11.3. The van der Waals surface area contributed by atoms with Gasteiger partial charge in [-0.1, -0.05) is 12.2 Å². The number of aromatic nitrogens is 1. The SMILES string of the molecule is CC(C)(NC(=O)C1=C2C=CC=C2N=N1)c1ccncc1. The van der Waals surface area contributed by atoms with Crippen molar-refractivity contribution in [1.82, 2.24) is 10.3 Å². The molecule has 0 radical (unpaired) electrons. The van der Waals surface area contributed by atoms with Crippen molar-refractivity contribution in [2.24, 2.45) is 10.2 Å². The summed E-state index contributed by atoms with van der Waals surface area (Å²) in [5, 5.41) is 10.9. The standard InChI is InChI=1S/C15H14N4O/c1-15(2,10-6-8-16-9-7-10)17-14(20)13-11-4-3-5-12(11)18-19-13/h3-9H,1-2H3,(H,17,20). The van der Waals surface area contributed by atoms with Crippen LogP contribution < -0.4 is 5.32 Å². The molecule has 1 N–H and O–H groups in total. The highest BCUT2D eigenvalue weighted by molar-refractivity contribution is 5.96. The number of carbonyl (C=O) groups excluding carboxylic acids is 1. The molecule has 5 heteroatoms. The lowest BCUT2D eigenvalue weighted by Crippen LogP contribution is -2.41. The lowest BCUT2D eigenvalue weighted by Gasteiger charge is -2.26. The van der Waals surface area contributed by atoms with Gasteiger partial charge in [-0.2, -0.15) is 0 Å². The topological polar surface area (TPSA) is 66.7 Å². The molecule has 1 aliphatic heterocycles. The average Bonchev–Trinajstić information content (AvgIpc) is 3.01. The smallest absolute Gasteiger partial charge is 0.273 e. The zero-order valence-electron chi connectivity index (χ0n) is 11.3. The lowest BCUT2D eigenvalue weighted by atomic mass is 9.95. The second-order valence-electron chi connectivity index (χ2n) is 5.19. The highest BCUT2D eigenvalue weighted by Gasteiger charge is 2.29.